The van der Waals surface area contributed by atoms with Gasteiger partial charge < -0.3 is 26.4 Å². The van der Waals surface area contributed by atoms with Crippen molar-refractivity contribution in [2.45, 2.75) is 43.1 Å². The van der Waals surface area contributed by atoms with E-state index < -0.39 is 23.3 Å². The minimum absolute atomic E-state index is 0.00926. The molecule has 1 heterocycles. The molecule has 2 saturated carbocycles. The molecule has 4 rings (SSSR count). The Morgan fingerprint density at radius 2 is 2.04 bits per heavy atom. The number of aromatic nitrogens is 2. The van der Waals surface area contributed by atoms with Gasteiger partial charge in [-0.3, -0.25) is 0 Å². The van der Waals surface area contributed by atoms with Crippen molar-refractivity contribution in [3.8, 4) is 0 Å². The van der Waals surface area contributed by atoms with Crippen LogP contribution in [0.4, 0.5) is 17.5 Å². The summed E-state index contributed by atoms with van der Waals surface area (Å²) >= 11 is 12.3. The van der Waals surface area contributed by atoms with Gasteiger partial charge in [0.05, 0.1) is 16.8 Å². The summed E-state index contributed by atoms with van der Waals surface area (Å²) in [6.45, 7) is 0. The van der Waals surface area contributed by atoms with E-state index in [1.165, 1.54) is 0 Å². The van der Waals surface area contributed by atoms with Crippen LogP contribution in [0.15, 0.2) is 33.1 Å². The minimum atomic E-state index is -1.80. The Balaban J connectivity index is 1.68. The second kappa shape index (κ2) is 6.39. The molecule has 0 radical (unpaired) electrons. The topological polar surface area (TPSA) is 149 Å². The van der Waals surface area contributed by atoms with Crippen molar-refractivity contribution in [2.24, 2.45) is 16.1 Å². The zero-order valence-electron chi connectivity index (χ0n) is 14.1. The van der Waals surface area contributed by atoms with Gasteiger partial charge in [0.25, 0.3) is 0 Å². The van der Waals surface area contributed by atoms with Gasteiger partial charge in [-0.1, -0.05) is 29.3 Å². The lowest BCUT2D eigenvalue weighted by Crippen LogP contribution is -2.51. The molecule has 0 saturated heterocycles. The molecule has 0 bridgehead atoms. The van der Waals surface area contributed by atoms with Gasteiger partial charge in [0.15, 0.2) is 22.4 Å². The molecule has 27 heavy (non-hydrogen) atoms. The standard InChI is InChI=1S/C16H18Cl2N6O3/c17-8-3-1-2-4-9(8)23-24-10-12(18)20-14(19)21-13(10)22-15(26)6-5-7-11(25)16(7,15)27/h1,3,7,11,25-27H,2,4-6H2,(H3,19,20,21,22). The van der Waals surface area contributed by atoms with Gasteiger partial charge in [-0.15, -0.1) is 5.11 Å². The molecule has 0 spiro atoms. The van der Waals surface area contributed by atoms with E-state index in [0.717, 1.165) is 6.42 Å². The van der Waals surface area contributed by atoms with Gasteiger partial charge in [0.2, 0.25) is 5.95 Å². The number of nitrogens with one attached hydrogen (secondary N) is 1. The molecule has 1 aromatic rings. The summed E-state index contributed by atoms with van der Waals surface area (Å²) in [6, 6.07) is 0. The van der Waals surface area contributed by atoms with E-state index in [1.54, 1.807) is 6.08 Å². The molecule has 9 nitrogen and oxygen atoms in total. The van der Waals surface area contributed by atoms with Crippen LogP contribution in [-0.2, 0) is 0 Å². The summed E-state index contributed by atoms with van der Waals surface area (Å²) < 4.78 is 0. The molecule has 0 aliphatic heterocycles. The van der Waals surface area contributed by atoms with Crippen molar-refractivity contribution in [1.29, 1.82) is 0 Å². The smallest absolute Gasteiger partial charge is 0.223 e. The highest BCUT2D eigenvalue weighted by atomic mass is 35.5. The highest BCUT2D eigenvalue weighted by Crippen LogP contribution is 2.61. The van der Waals surface area contributed by atoms with E-state index in [1.807, 2.05) is 6.08 Å². The van der Waals surface area contributed by atoms with E-state index in [0.29, 0.717) is 23.6 Å². The van der Waals surface area contributed by atoms with Gasteiger partial charge in [0, 0.05) is 5.92 Å². The Morgan fingerprint density at radius 1 is 1.26 bits per heavy atom. The maximum absolute atomic E-state index is 10.9. The van der Waals surface area contributed by atoms with Crippen molar-refractivity contribution >= 4 is 40.7 Å². The fourth-order valence-electron chi connectivity index (χ4n) is 3.73. The van der Waals surface area contributed by atoms with Gasteiger partial charge >= 0.3 is 0 Å². The SMILES string of the molecule is Nc1nc(Cl)c(N=NC2=C(Cl)C=CCC2)c(NC2(O)CCC3C(O)C32O)n1. The average molecular weight is 413 g/mol. The maximum atomic E-state index is 10.9. The molecule has 0 aromatic carbocycles. The molecule has 3 aliphatic carbocycles. The molecule has 11 heteroatoms. The average Bonchev–Trinajstić information content (AvgIpc) is 3.03. The number of nitrogen functional groups attached to an aromatic ring is 1. The van der Waals surface area contributed by atoms with E-state index >= 15 is 0 Å². The van der Waals surface area contributed by atoms with E-state index in [9.17, 15) is 15.3 Å². The summed E-state index contributed by atoms with van der Waals surface area (Å²) in [4.78, 5) is 7.89. The highest BCUT2D eigenvalue weighted by molar-refractivity contribution is 6.32. The van der Waals surface area contributed by atoms with Crippen LogP contribution in [0.1, 0.15) is 25.7 Å². The summed E-state index contributed by atoms with van der Waals surface area (Å²) in [7, 11) is 0. The Kier molecular flexibility index (Phi) is 4.39. The highest BCUT2D eigenvalue weighted by Gasteiger charge is 2.78. The molecule has 4 atom stereocenters. The third-order valence-corrected chi connectivity index (χ3v) is 5.92. The number of nitrogens with zero attached hydrogens (tertiary/aromatic N) is 4. The number of hydrogen-bond donors (Lipinski definition) is 5. The van der Waals surface area contributed by atoms with Gasteiger partial charge in [-0.2, -0.15) is 15.1 Å². The zero-order chi connectivity index (χ0) is 19.4. The maximum Gasteiger partial charge on any atom is 0.223 e. The molecule has 0 amide bonds. The lowest BCUT2D eigenvalue weighted by atomic mass is 10.0. The first-order chi connectivity index (χ1) is 12.8. The molecular formula is C16H18Cl2N6O3. The summed E-state index contributed by atoms with van der Waals surface area (Å²) in [6.07, 6.45) is 4.74. The quantitative estimate of drug-likeness (QED) is 0.289. The number of fused-ring (bicyclic) bond motifs is 1. The number of aliphatic hydroxyl groups excluding tert-OH is 1. The van der Waals surface area contributed by atoms with Crippen LogP contribution in [0.25, 0.3) is 0 Å². The van der Waals surface area contributed by atoms with Crippen LogP contribution >= 0.6 is 23.2 Å². The minimum Gasteiger partial charge on any atom is -0.390 e. The predicted molar refractivity (Wildman–Crippen MR) is 99.5 cm³/mol. The first-order valence-corrected chi connectivity index (χ1v) is 9.23. The Bertz CT molecular complexity index is 891. The third-order valence-electron chi connectivity index (χ3n) is 5.31. The number of rotatable bonds is 4. The van der Waals surface area contributed by atoms with Crippen LogP contribution < -0.4 is 11.1 Å². The van der Waals surface area contributed by atoms with Crippen LogP contribution in [0, 0.1) is 5.92 Å². The van der Waals surface area contributed by atoms with Crippen LogP contribution in [0.3, 0.4) is 0 Å². The molecular weight excluding hydrogens is 395 g/mol. The Hall–Kier alpha value is -1.78. The normalized spacial score (nSPS) is 35.0. The van der Waals surface area contributed by atoms with Gasteiger partial charge in [-0.25, -0.2) is 0 Å². The number of azo groups is 1. The number of nitrogens with two attached hydrogens (primary N) is 1. The second-order valence-electron chi connectivity index (χ2n) is 6.91. The first-order valence-electron chi connectivity index (χ1n) is 8.47. The van der Waals surface area contributed by atoms with E-state index in [4.69, 9.17) is 28.9 Å². The van der Waals surface area contributed by atoms with Crippen molar-refractivity contribution in [3.63, 3.8) is 0 Å². The van der Waals surface area contributed by atoms with E-state index in [2.05, 4.69) is 25.5 Å². The fourth-order valence-corrected chi connectivity index (χ4v) is 4.16. The summed E-state index contributed by atoms with van der Waals surface area (Å²) in [5.74, 6) is -0.525. The number of aliphatic hydroxyl groups is 3. The number of hydrogen-bond acceptors (Lipinski definition) is 9. The van der Waals surface area contributed by atoms with Gasteiger partial charge in [0.1, 0.15) is 5.60 Å². The Morgan fingerprint density at radius 3 is 2.70 bits per heavy atom. The third kappa shape index (κ3) is 2.90. The van der Waals surface area contributed by atoms with E-state index in [-0.39, 0.29) is 29.0 Å². The zero-order valence-corrected chi connectivity index (χ0v) is 15.6. The predicted octanol–water partition coefficient (Wildman–Crippen LogP) is 2.21. The van der Waals surface area contributed by atoms with Crippen LogP contribution in [0.2, 0.25) is 5.15 Å². The van der Waals surface area contributed by atoms with Crippen LogP contribution in [-0.4, -0.2) is 42.7 Å². The fraction of sp³-hybridized carbons (Fsp3) is 0.500. The van der Waals surface area contributed by atoms with Gasteiger partial charge in [-0.05, 0) is 31.8 Å². The monoisotopic (exact) mass is 412 g/mol. The molecule has 4 unspecified atom stereocenters. The molecule has 3 aliphatic rings. The lowest BCUT2D eigenvalue weighted by Gasteiger charge is -2.32. The van der Waals surface area contributed by atoms with Crippen molar-refractivity contribution in [1.82, 2.24) is 9.97 Å². The van der Waals surface area contributed by atoms with Crippen molar-refractivity contribution < 1.29 is 15.3 Å². The number of halogens is 2. The molecule has 2 fully saturated rings. The number of anilines is 2. The largest absolute Gasteiger partial charge is 0.390 e. The second-order valence-corrected chi connectivity index (χ2v) is 7.67. The van der Waals surface area contributed by atoms with Crippen molar-refractivity contribution in [2.75, 3.05) is 11.1 Å². The Labute approximate surface area is 164 Å². The first kappa shape index (κ1) is 18.6. The molecule has 1 aromatic heterocycles. The summed E-state index contributed by atoms with van der Waals surface area (Å²) in [5, 5.41) is 42.7. The van der Waals surface area contributed by atoms with Crippen LogP contribution in [0.5, 0.6) is 0 Å². The number of allylic oxidation sites excluding steroid dienone is 4. The molecule has 144 valence electrons. The van der Waals surface area contributed by atoms with Crippen molar-refractivity contribution in [3.05, 3.63) is 28.0 Å². The molecule has 6 N–H and O–H groups in total. The summed E-state index contributed by atoms with van der Waals surface area (Å²) in [5.41, 5.74) is 2.83. The lowest BCUT2D eigenvalue weighted by molar-refractivity contribution is -0.0851.